The van der Waals surface area contributed by atoms with Crippen LogP contribution >= 0.6 is 15.9 Å². The lowest BCUT2D eigenvalue weighted by molar-refractivity contribution is 0.101. The molecular formula is C23H15BrN2O2. The van der Waals surface area contributed by atoms with Gasteiger partial charge in [-0.2, -0.15) is 0 Å². The van der Waals surface area contributed by atoms with Crippen LogP contribution in [0.4, 0.5) is 0 Å². The number of carbonyl (C=O) groups excluding carboxylic acids is 1. The highest BCUT2D eigenvalue weighted by Crippen LogP contribution is 2.36. The lowest BCUT2D eigenvalue weighted by atomic mass is 10.0. The molecule has 0 amide bonds. The van der Waals surface area contributed by atoms with Crippen LogP contribution in [-0.4, -0.2) is 15.3 Å². The number of nitrogens with zero attached hydrogens (tertiary/aromatic N) is 2. The highest BCUT2D eigenvalue weighted by Gasteiger charge is 2.28. The lowest BCUT2D eigenvalue weighted by Crippen LogP contribution is -1.98. The van der Waals surface area contributed by atoms with E-state index in [1.54, 1.807) is 12.1 Å². The number of hydrogen-bond donors (Lipinski definition) is 0. The normalized spacial score (nSPS) is 14.5. The number of allylic oxidation sites excluding steroid dienone is 1. The molecule has 0 fully saturated rings. The summed E-state index contributed by atoms with van der Waals surface area (Å²) < 4.78 is 8.66. The number of halogens is 1. The number of aryl methyl sites for hydroxylation is 1. The van der Waals surface area contributed by atoms with Crippen LogP contribution in [0.3, 0.4) is 0 Å². The Morgan fingerprint density at radius 2 is 1.89 bits per heavy atom. The van der Waals surface area contributed by atoms with E-state index in [1.165, 1.54) is 0 Å². The zero-order chi connectivity index (χ0) is 19.3. The second-order valence-corrected chi connectivity index (χ2v) is 7.61. The molecule has 4 nitrogen and oxygen atoms in total. The van der Waals surface area contributed by atoms with Gasteiger partial charge in [-0.05, 0) is 41.5 Å². The minimum Gasteiger partial charge on any atom is -0.452 e. The van der Waals surface area contributed by atoms with Crippen LogP contribution in [0.2, 0.25) is 0 Å². The van der Waals surface area contributed by atoms with Gasteiger partial charge < -0.3 is 9.30 Å². The third-order valence-electron chi connectivity index (χ3n) is 4.89. The number of benzene rings is 2. The monoisotopic (exact) mass is 430 g/mol. The molecule has 0 bridgehead atoms. The maximum absolute atomic E-state index is 12.8. The van der Waals surface area contributed by atoms with Crippen LogP contribution in [-0.2, 0) is 7.05 Å². The third-order valence-corrected chi connectivity index (χ3v) is 5.38. The average molecular weight is 431 g/mol. The summed E-state index contributed by atoms with van der Waals surface area (Å²) in [5, 5.41) is 0.997. The molecule has 2 aromatic heterocycles. The molecular weight excluding hydrogens is 416 g/mol. The predicted octanol–water partition coefficient (Wildman–Crippen LogP) is 5.62. The van der Waals surface area contributed by atoms with Crippen molar-refractivity contribution in [2.75, 3.05) is 0 Å². The summed E-state index contributed by atoms with van der Waals surface area (Å²) in [7, 11) is 1.95. The molecule has 0 spiro atoms. The maximum atomic E-state index is 12.8. The van der Waals surface area contributed by atoms with Crippen molar-refractivity contribution in [2.45, 2.75) is 0 Å². The van der Waals surface area contributed by atoms with Crippen LogP contribution in [0.15, 0.2) is 77.2 Å². The predicted molar refractivity (Wildman–Crippen MR) is 113 cm³/mol. The molecule has 28 heavy (non-hydrogen) atoms. The summed E-state index contributed by atoms with van der Waals surface area (Å²) in [5.41, 5.74) is 4.51. The summed E-state index contributed by atoms with van der Waals surface area (Å²) >= 11 is 3.41. The second kappa shape index (κ2) is 6.46. The zero-order valence-electron chi connectivity index (χ0n) is 15.0. The van der Waals surface area contributed by atoms with Crippen LogP contribution in [0.25, 0.3) is 28.2 Å². The highest BCUT2D eigenvalue weighted by molar-refractivity contribution is 9.10. The Hall–Kier alpha value is -3.18. The molecule has 0 atom stereocenters. The molecule has 1 aliphatic rings. The van der Waals surface area contributed by atoms with E-state index in [-0.39, 0.29) is 5.78 Å². The largest absolute Gasteiger partial charge is 0.452 e. The molecule has 3 heterocycles. The van der Waals surface area contributed by atoms with Crippen LogP contribution in [0.1, 0.15) is 15.9 Å². The molecule has 5 heteroatoms. The number of carbonyl (C=O) groups is 1. The van der Waals surface area contributed by atoms with Crippen molar-refractivity contribution in [3.05, 3.63) is 88.3 Å². The van der Waals surface area contributed by atoms with Gasteiger partial charge in [0.15, 0.2) is 5.76 Å². The molecule has 0 saturated heterocycles. The molecule has 0 radical (unpaired) electrons. The van der Waals surface area contributed by atoms with Gasteiger partial charge >= 0.3 is 0 Å². The van der Waals surface area contributed by atoms with Crippen LogP contribution < -0.4 is 4.74 Å². The van der Waals surface area contributed by atoms with E-state index in [0.717, 1.165) is 32.2 Å². The number of Topliss-reactive ketones (excluding diaryl/α,β-unsaturated/α-hetero) is 1. The van der Waals surface area contributed by atoms with Crippen molar-refractivity contribution in [3.63, 3.8) is 0 Å². The van der Waals surface area contributed by atoms with Gasteiger partial charge in [0.1, 0.15) is 11.4 Å². The molecule has 2 aromatic carbocycles. The van der Waals surface area contributed by atoms with Crippen LogP contribution in [0.5, 0.6) is 5.75 Å². The van der Waals surface area contributed by atoms with E-state index in [9.17, 15) is 4.79 Å². The van der Waals surface area contributed by atoms with E-state index < -0.39 is 0 Å². The van der Waals surface area contributed by atoms with E-state index in [2.05, 4.69) is 33.0 Å². The highest BCUT2D eigenvalue weighted by atomic mass is 79.9. The minimum atomic E-state index is -0.113. The maximum Gasteiger partial charge on any atom is 0.232 e. The molecule has 0 saturated carbocycles. The summed E-state index contributed by atoms with van der Waals surface area (Å²) in [5.74, 6) is 0.794. The van der Waals surface area contributed by atoms with E-state index in [4.69, 9.17) is 4.74 Å². The first-order chi connectivity index (χ1) is 13.6. The van der Waals surface area contributed by atoms with Crippen molar-refractivity contribution < 1.29 is 9.53 Å². The quantitative estimate of drug-likeness (QED) is 0.387. The fourth-order valence-electron chi connectivity index (χ4n) is 3.61. The molecule has 5 rings (SSSR count). The fraction of sp³-hybridized carbons (Fsp3) is 0.0435. The Morgan fingerprint density at radius 3 is 2.71 bits per heavy atom. The second-order valence-electron chi connectivity index (χ2n) is 6.70. The van der Waals surface area contributed by atoms with Gasteiger partial charge in [-0.3, -0.25) is 4.79 Å². The van der Waals surface area contributed by atoms with Gasteiger partial charge in [-0.1, -0.05) is 46.3 Å². The molecule has 0 aliphatic carbocycles. The van der Waals surface area contributed by atoms with Gasteiger partial charge in [0.25, 0.3) is 0 Å². The Bertz CT molecular complexity index is 1270. The van der Waals surface area contributed by atoms with Gasteiger partial charge in [0.05, 0.1) is 5.56 Å². The number of ether oxygens (including phenoxy) is 1. The number of rotatable bonds is 2. The zero-order valence-corrected chi connectivity index (χ0v) is 16.6. The fourth-order valence-corrected chi connectivity index (χ4v) is 3.97. The van der Waals surface area contributed by atoms with Gasteiger partial charge in [0.2, 0.25) is 5.78 Å². The Labute approximate surface area is 170 Å². The molecule has 136 valence electrons. The molecule has 0 N–H and O–H groups in total. The molecule has 0 unspecified atom stereocenters. The SMILES string of the molecule is Cn1cc(/C=C2\Oc3ccc(Br)cc3C2=O)c2c(-c3ccccc3)ccnc21. The summed E-state index contributed by atoms with van der Waals surface area (Å²) in [6.45, 7) is 0. The standard InChI is InChI=1S/C23H15BrN2O2/c1-26-13-15(11-20-22(27)18-12-16(24)7-8-19(18)28-20)21-17(9-10-25-23(21)26)14-5-3-2-4-6-14/h2-13H,1H3/b20-11-. The first-order valence-electron chi connectivity index (χ1n) is 8.85. The number of fused-ring (bicyclic) bond motifs is 2. The number of ketones is 1. The first-order valence-corrected chi connectivity index (χ1v) is 9.64. The summed E-state index contributed by atoms with van der Waals surface area (Å²) in [6.07, 6.45) is 5.60. The Balaban J connectivity index is 1.69. The van der Waals surface area contributed by atoms with Crippen molar-refractivity contribution in [2.24, 2.45) is 7.05 Å². The van der Waals surface area contributed by atoms with Gasteiger partial charge in [0, 0.05) is 34.9 Å². The van der Waals surface area contributed by atoms with Crippen molar-refractivity contribution >= 4 is 38.8 Å². The van der Waals surface area contributed by atoms with Crippen molar-refractivity contribution in [1.82, 2.24) is 9.55 Å². The first kappa shape index (κ1) is 17.0. The Kier molecular flexibility index (Phi) is 3.91. The smallest absolute Gasteiger partial charge is 0.232 e. The van der Waals surface area contributed by atoms with Crippen molar-refractivity contribution in [3.8, 4) is 16.9 Å². The summed E-state index contributed by atoms with van der Waals surface area (Å²) in [6, 6.07) is 17.6. The van der Waals surface area contributed by atoms with Crippen LogP contribution in [0, 0.1) is 0 Å². The number of aromatic nitrogens is 2. The molecule has 4 aromatic rings. The van der Waals surface area contributed by atoms with Gasteiger partial charge in [-0.25, -0.2) is 4.98 Å². The summed E-state index contributed by atoms with van der Waals surface area (Å²) in [4.78, 5) is 17.3. The topological polar surface area (TPSA) is 44.1 Å². The lowest BCUT2D eigenvalue weighted by Gasteiger charge is -2.05. The molecule has 1 aliphatic heterocycles. The third kappa shape index (κ3) is 2.67. The van der Waals surface area contributed by atoms with Crippen molar-refractivity contribution in [1.29, 1.82) is 0 Å². The van der Waals surface area contributed by atoms with Gasteiger partial charge in [-0.15, -0.1) is 0 Å². The van der Waals surface area contributed by atoms with E-state index >= 15 is 0 Å². The number of pyridine rings is 1. The average Bonchev–Trinajstić information content (AvgIpc) is 3.20. The number of hydrogen-bond acceptors (Lipinski definition) is 3. The van der Waals surface area contributed by atoms with E-state index in [0.29, 0.717) is 17.1 Å². The Morgan fingerprint density at radius 1 is 1.07 bits per heavy atom. The minimum absolute atomic E-state index is 0.113. The van der Waals surface area contributed by atoms with E-state index in [1.807, 2.05) is 60.4 Å².